The van der Waals surface area contributed by atoms with Crippen molar-refractivity contribution in [1.29, 1.82) is 5.26 Å². The monoisotopic (exact) mass is 245 g/mol. The Kier molecular flexibility index (Phi) is 3.27. The van der Waals surface area contributed by atoms with Crippen LogP contribution in [-0.2, 0) is 19.3 Å². The van der Waals surface area contributed by atoms with Crippen LogP contribution in [0.5, 0.6) is 0 Å². The fourth-order valence-corrected chi connectivity index (χ4v) is 2.54. The van der Waals surface area contributed by atoms with Crippen molar-refractivity contribution in [3.8, 4) is 6.07 Å². The molecule has 0 saturated carbocycles. The fraction of sp³-hybridized carbons (Fsp3) is 0.571. The largest absolute Gasteiger partial charge is 0.326 e. The number of nitrogens with one attached hydrogen (secondary N) is 1. The summed E-state index contributed by atoms with van der Waals surface area (Å²) in [5.74, 6) is 0. The summed E-state index contributed by atoms with van der Waals surface area (Å²) in [7, 11) is 0. The van der Waals surface area contributed by atoms with Gasteiger partial charge in [0, 0.05) is 17.7 Å². The van der Waals surface area contributed by atoms with E-state index >= 15 is 0 Å². The molecule has 1 aromatic rings. The van der Waals surface area contributed by atoms with Gasteiger partial charge in [0.25, 0.3) is 5.56 Å². The maximum absolute atomic E-state index is 11.9. The van der Waals surface area contributed by atoms with Crippen molar-refractivity contribution < 1.29 is 0 Å². The Labute approximate surface area is 107 Å². The van der Waals surface area contributed by atoms with Crippen molar-refractivity contribution in [2.45, 2.75) is 45.6 Å². The molecule has 18 heavy (non-hydrogen) atoms. The highest BCUT2D eigenvalue weighted by Gasteiger charge is 2.26. The van der Waals surface area contributed by atoms with Gasteiger partial charge in [0.1, 0.15) is 0 Å². The van der Waals surface area contributed by atoms with Crippen LogP contribution in [0.2, 0.25) is 0 Å². The summed E-state index contributed by atoms with van der Waals surface area (Å²) in [6, 6.07) is 3.29. The van der Waals surface area contributed by atoms with E-state index in [4.69, 9.17) is 11.0 Å². The van der Waals surface area contributed by atoms with Crippen molar-refractivity contribution in [1.82, 2.24) is 4.98 Å². The summed E-state index contributed by atoms with van der Waals surface area (Å²) in [6.07, 6.45) is 3.29. The number of hydrogen-bond acceptors (Lipinski definition) is 3. The van der Waals surface area contributed by atoms with E-state index < -0.39 is 6.04 Å². The topological polar surface area (TPSA) is 82.7 Å². The first kappa shape index (κ1) is 12.8. The summed E-state index contributed by atoms with van der Waals surface area (Å²) in [5.41, 5.74) is 8.64. The number of pyridine rings is 1. The lowest BCUT2D eigenvalue weighted by molar-refractivity contribution is 0.312. The van der Waals surface area contributed by atoms with E-state index in [1.807, 2.05) is 12.1 Å². The van der Waals surface area contributed by atoms with Gasteiger partial charge < -0.3 is 10.7 Å². The highest BCUT2D eigenvalue weighted by Crippen LogP contribution is 2.33. The third kappa shape index (κ3) is 2.62. The van der Waals surface area contributed by atoms with Crippen molar-refractivity contribution in [3.05, 3.63) is 33.2 Å². The highest BCUT2D eigenvalue weighted by atomic mass is 16.1. The first-order chi connectivity index (χ1) is 8.41. The van der Waals surface area contributed by atoms with Gasteiger partial charge in [0.15, 0.2) is 0 Å². The Morgan fingerprint density at radius 2 is 2.33 bits per heavy atom. The van der Waals surface area contributed by atoms with Gasteiger partial charge in [-0.2, -0.15) is 5.26 Å². The van der Waals surface area contributed by atoms with E-state index in [-0.39, 0.29) is 11.0 Å². The van der Waals surface area contributed by atoms with E-state index in [2.05, 4.69) is 18.8 Å². The minimum atomic E-state index is -0.610. The van der Waals surface area contributed by atoms with E-state index in [0.29, 0.717) is 12.0 Å². The fourth-order valence-electron chi connectivity index (χ4n) is 2.54. The molecule has 1 aromatic heterocycles. The van der Waals surface area contributed by atoms with Crippen LogP contribution < -0.4 is 11.3 Å². The molecule has 0 fully saturated rings. The number of aryl methyl sites for hydroxylation is 1. The summed E-state index contributed by atoms with van der Waals surface area (Å²) in [6.45, 7) is 4.48. The summed E-state index contributed by atoms with van der Waals surface area (Å²) in [5, 5.41) is 8.72. The smallest absolute Gasteiger partial charge is 0.251 e. The maximum atomic E-state index is 11.9. The molecule has 1 heterocycles. The quantitative estimate of drug-likeness (QED) is 0.823. The Balaban J connectivity index is 2.35. The molecule has 0 bridgehead atoms. The lowest BCUT2D eigenvalue weighted by Crippen LogP contribution is -2.29. The molecule has 0 saturated heterocycles. The van der Waals surface area contributed by atoms with Crippen LogP contribution in [-0.4, -0.2) is 11.0 Å². The standard InChI is InChI=1S/C14H19N3O/c1-14(2)4-3-12-10(7-14)5-9(13(18)17-12)6-11(16)8-15/h5,11H,3-4,6-7,16H2,1-2H3,(H,17,18). The molecule has 0 aromatic carbocycles. The van der Waals surface area contributed by atoms with Gasteiger partial charge in [-0.25, -0.2) is 0 Å². The van der Waals surface area contributed by atoms with E-state index in [1.54, 1.807) is 0 Å². The molecular weight excluding hydrogens is 226 g/mol. The van der Waals surface area contributed by atoms with Crippen molar-refractivity contribution in [2.75, 3.05) is 0 Å². The molecule has 2 rings (SSSR count). The predicted octanol–water partition coefficient (Wildman–Crippen LogP) is 1.28. The molecule has 96 valence electrons. The average Bonchev–Trinajstić information content (AvgIpc) is 2.30. The Hall–Kier alpha value is -1.60. The van der Waals surface area contributed by atoms with Crippen LogP contribution in [0.4, 0.5) is 0 Å². The summed E-state index contributed by atoms with van der Waals surface area (Å²) in [4.78, 5) is 14.8. The molecule has 1 aliphatic carbocycles. The predicted molar refractivity (Wildman–Crippen MR) is 70.2 cm³/mol. The van der Waals surface area contributed by atoms with Crippen LogP contribution in [0.1, 0.15) is 37.1 Å². The van der Waals surface area contributed by atoms with Gasteiger partial charge in [-0.05, 0) is 36.3 Å². The van der Waals surface area contributed by atoms with Gasteiger partial charge >= 0.3 is 0 Å². The first-order valence-corrected chi connectivity index (χ1v) is 6.30. The van der Waals surface area contributed by atoms with Gasteiger partial charge in [-0.1, -0.05) is 13.8 Å². The third-order valence-corrected chi connectivity index (χ3v) is 3.62. The SMILES string of the molecule is CC1(C)CCc2[nH]c(=O)c(CC(N)C#N)cc2C1. The summed E-state index contributed by atoms with van der Waals surface area (Å²) >= 11 is 0. The Morgan fingerprint density at radius 1 is 1.61 bits per heavy atom. The lowest BCUT2D eigenvalue weighted by atomic mass is 9.75. The number of nitrogens with two attached hydrogens (primary N) is 1. The molecule has 0 amide bonds. The van der Waals surface area contributed by atoms with Gasteiger partial charge in [-0.15, -0.1) is 0 Å². The van der Waals surface area contributed by atoms with Gasteiger partial charge in [0.2, 0.25) is 0 Å². The minimum absolute atomic E-state index is 0.0980. The molecule has 1 aliphatic rings. The van der Waals surface area contributed by atoms with Crippen LogP contribution in [0.15, 0.2) is 10.9 Å². The average molecular weight is 245 g/mol. The van der Waals surface area contributed by atoms with Crippen molar-refractivity contribution in [3.63, 3.8) is 0 Å². The van der Waals surface area contributed by atoms with Gasteiger partial charge in [-0.3, -0.25) is 4.79 Å². The Bertz CT molecular complexity index is 551. The summed E-state index contributed by atoms with van der Waals surface area (Å²) < 4.78 is 0. The molecule has 0 radical (unpaired) electrons. The van der Waals surface area contributed by atoms with E-state index in [9.17, 15) is 4.79 Å². The number of aromatic nitrogens is 1. The number of fused-ring (bicyclic) bond motifs is 1. The minimum Gasteiger partial charge on any atom is -0.326 e. The second-order valence-electron chi connectivity index (χ2n) is 5.91. The maximum Gasteiger partial charge on any atom is 0.251 e. The van der Waals surface area contributed by atoms with E-state index in [0.717, 1.165) is 25.0 Å². The number of nitriles is 1. The zero-order valence-corrected chi connectivity index (χ0v) is 10.9. The number of rotatable bonds is 2. The lowest BCUT2D eigenvalue weighted by Gasteiger charge is -2.31. The molecule has 1 unspecified atom stereocenters. The van der Waals surface area contributed by atoms with Crippen LogP contribution in [0, 0.1) is 16.7 Å². The molecule has 0 spiro atoms. The zero-order valence-electron chi connectivity index (χ0n) is 10.9. The number of hydrogen-bond donors (Lipinski definition) is 2. The van der Waals surface area contributed by atoms with Crippen LogP contribution >= 0.6 is 0 Å². The molecular formula is C14H19N3O. The normalized spacial score (nSPS) is 18.8. The Morgan fingerprint density at radius 3 is 3.00 bits per heavy atom. The van der Waals surface area contributed by atoms with Crippen LogP contribution in [0.25, 0.3) is 0 Å². The second kappa shape index (κ2) is 4.58. The van der Waals surface area contributed by atoms with Crippen LogP contribution in [0.3, 0.4) is 0 Å². The van der Waals surface area contributed by atoms with Gasteiger partial charge in [0.05, 0.1) is 12.1 Å². The molecule has 0 aliphatic heterocycles. The number of H-pyrrole nitrogens is 1. The highest BCUT2D eigenvalue weighted by molar-refractivity contribution is 5.30. The molecule has 4 heteroatoms. The van der Waals surface area contributed by atoms with Crippen molar-refractivity contribution in [2.24, 2.45) is 11.1 Å². The van der Waals surface area contributed by atoms with E-state index in [1.165, 1.54) is 5.56 Å². The second-order valence-corrected chi connectivity index (χ2v) is 5.91. The first-order valence-electron chi connectivity index (χ1n) is 6.30. The molecule has 3 N–H and O–H groups in total. The zero-order chi connectivity index (χ0) is 13.3. The molecule has 4 nitrogen and oxygen atoms in total. The molecule has 1 atom stereocenters. The number of aromatic amines is 1. The number of nitrogens with zero attached hydrogens (tertiary/aromatic N) is 1. The van der Waals surface area contributed by atoms with Crippen molar-refractivity contribution >= 4 is 0 Å². The third-order valence-electron chi connectivity index (χ3n) is 3.62.